The van der Waals surface area contributed by atoms with Gasteiger partial charge in [0, 0.05) is 0 Å². The van der Waals surface area contributed by atoms with Crippen molar-refractivity contribution in [2.45, 2.75) is 20.8 Å². The van der Waals surface area contributed by atoms with Crippen LogP contribution in [0.5, 0.6) is 0 Å². The summed E-state index contributed by atoms with van der Waals surface area (Å²) in [6.07, 6.45) is 9.25. The first-order chi connectivity index (χ1) is 65.9. The molecule has 0 bridgehead atoms. The molecule has 0 nitrogen and oxygen atoms in total. The quantitative estimate of drug-likeness (QED) is 0.161. The summed E-state index contributed by atoms with van der Waals surface area (Å²) in [5.41, 5.74) is 66.8. The second-order valence-corrected chi connectivity index (χ2v) is 35.7. The fourth-order valence-corrected chi connectivity index (χ4v) is 23.0. The van der Waals surface area contributed by atoms with Crippen LogP contribution in [0, 0.1) is 0 Å². The fraction of sp³-hybridized carbons (Fsp3) is 0.0226. The molecule has 0 heterocycles. The lowest BCUT2D eigenvalue weighted by Crippen LogP contribution is -1.93. The van der Waals surface area contributed by atoms with Crippen molar-refractivity contribution in [3.8, 4) is 0 Å². The SMILES string of the molecule is C1=C2C(=C(c3ccccc3)c3ccccc32)c2ccccc21.C1=C2C(=Cc3ccccc32)c2ccccc21.CC1=C2C(=C(C)c3ccccc32)c2ccccc21.CC1=C2C(=Cc3ccccc32)c2ccccc21.c1ccc(C2=C3C(=C(c4cccc5ccccc45)c4ccccc43)c3ccccc32)cc1.c1ccc(C2=C3C(=C(c4ccccc4)c4ccccc43)c3ccccc32)cc1. The van der Waals surface area contributed by atoms with Crippen LogP contribution in [-0.2, 0) is 0 Å². The molecule has 0 aromatic heterocycles. The van der Waals surface area contributed by atoms with E-state index in [0.29, 0.717) is 0 Å². The van der Waals surface area contributed by atoms with Crippen LogP contribution in [0.4, 0.5) is 0 Å². The van der Waals surface area contributed by atoms with Gasteiger partial charge in [0.2, 0.25) is 0 Å². The van der Waals surface area contributed by atoms with E-state index in [0.717, 1.165) is 0 Å². The van der Waals surface area contributed by atoms with E-state index in [1.807, 2.05) is 0 Å². The average molecular weight is 1690 g/mol. The molecule has 18 aromatic carbocycles. The Labute approximate surface area is 778 Å². The maximum absolute atomic E-state index is 2.33. The molecule has 0 amide bonds. The van der Waals surface area contributed by atoms with Crippen LogP contribution in [0.1, 0.15) is 182 Å². The molecular formula is C133H88. The standard InChI is InChI=1S/C32H20.C28H18.C22H14.C18H14.C17H12.C16H10/c1-2-12-22(13-3-1)29-25-16-6-8-18-27(25)32-30(26-17-7-9-19-28(26)31(29)32)24-20-10-14-21-11-4-5-15-23(21)24;1-3-11-19(12-4-1)25-21-15-7-9-17-23(21)28-26(20-13-5-2-6-14-20)22-16-8-10-18-24(22)27(25)28;1-2-8-15(9-3-1)21-19-13-7-6-12-18(19)20-14-16-10-4-5-11-17(16)22(20)21;1-11-13-7-3-5-9-15(13)18-12(2)14-8-4-6-10-16(14)17(11)18;1-11-13-7-4-5-9-15(13)16-10-12-6-2-3-8-14(12)17(11)16;1-3-7-13-11(5-1)9-15-14-8-4-2-6-12(14)10-16(13)15/h1-20H;1-18H;1-14H;3-10H,1-2H3;2-10H,1H3;1-10H. The Morgan fingerprint density at radius 3 is 0.707 bits per heavy atom. The molecular weight excluding hydrogens is 1600 g/mol. The first kappa shape index (κ1) is 78.4. The lowest BCUT2D eigenvalue weighted by Gasteiger charge is -2.13. The Morgan fingerprint density at radius 2 is 0.323 bits per heavy atom. The molecule has 0 radical (unpaired) electrons. The van der Waals surface area contributed by atoms with Crippen LogP contribution in [-0.4, -0.2) is 0 Å². The van der Waals surface area contributed by atoms with Gasteiger partial charge < -0.3 is 0 Å². The molecule has 0 fully saturated rings. The molecule has 133 heavy (non-hydrogen) atoms. The predicted molar refractivity (Wildman–Crippen MR) is 566 cm³/mol. The molecule has 0 heteroatoms. The van der Waals surface area contributed by atoms with Crippen molar-refractivity contribution < 1.29 is 0 Å². The van der Waals surface area contributed by atoms with E-state index in [2.05, 4.69) is 500 Å². The van der Waals surface area contributed by atoms with Gasteiger partial charge in [0.1, 0.15) is 0 Å². The second kappa shape index (κ2) is 32.4. The van der Waals surface area contributed by atoms with Gasteiger partial charge in [-0.1, -0.05) is 455 Å². The van der Waals surface area contributed by atoms with Gasteiger partial charge in [-0.05, 0) is 329 Å². The summed E-state index contributed by atoms with van der Waals surface area (Å²) in [6.45, 7) is 6.73. The highest BCUT2D eigenvalue weighted by atomic mass is 14.4. The molecule has 0 unspecified atom stereocenters. The Morgan fingerprint density at radius 1 is 0.113 bits per heavy atom. The number of hydrogen-bond donors (Lipinski definition) is 0. The smallest absolute Gasteiger partial charge is 0.000741 e. The fourth-order valence-electron chi connectivity index (χ4n) is 23.0. The zero-order chi connectivity index (χ0) is 88.3. The van der Waals surface area contributed by atoms with E-state index in [9.17, 15) is 0 Å². The number of fused-ring (bicyclic) bond motifs is 31. The first-order valence-electron chi connectivity index (χ1n) is 46.5. The minimum atomic E-state index is 1.28. The van der Waals surface area contributed by atoms with E-state index in [4.69, 9.17) is 0 Å². The van der Waals surface area contributed by atoms with E-state index in [1.165, 1.54) is 284 Å². The molecule has 18 aromatic rings. The van der Waals surface area contributed by atoms with Gasteiger partial charge in [0.05, 0.1) is 0 Å². The Bertz CT molecular complexity index is 8190. The molecule has 12 aliphatic rings. The summed E-state index contributed by atoms with van der Waals surface area (Å²) < 4.78 is 0. The Balaban J connectivity index is 0.0000000871. The molecule has 0 saturated heterocycles. The zero-order valence-corrected chi connectivity index (χ0v) is 74.1. The number of benzene rings is 18. The summed E-state index contributed by atoms with van der Waals surface area (Å²) in [5, 5.41) is 2.58. The maximum atomic E-state index is 2.33. The van der Waals surface area contributed by atoms with Crippen LogP contribution < -0.4 is 0 Å². The van der Waals surface area contributed by atoms with Gasteiger partial charge in [-0.25, -0.2) is 0 Å². The topological polar surface area (TPSA) is 0 Å². The third kappa shape index (κ3) is 12.7. The van der Waals surface area contributed by atoms with Crippen LogP contribution in [0.2, 0.25) is 0 Å². The van der Waals surface area contributed by atoms with Crippen molar-refractivity contribution in [2.24, 2.45) is 0 Å². The summed E-state index contributed by atoms with van der Waals surface area (Å²) in [6, 6.07) is 164. The lowest BCUT2D eigenvalue weighted by atomic mass is 9.90. The van der Waals surface area contributed by atoms with Crippen LogP contribution in [0.25, 0.3) is 147 Å². The number of rotatable bonds is 5. The van der Waals surface area contributed by atoms with Crippen molar-refractivity contribution in [1.82, 2.24) is 0 Å². The van der Waals surface area contributed by atoms with Gasteiger partial charge in [0.15, 0.2) is 0 Å². The Hall–Kier alpha value is -16.9. The molecule has 0 atom stereocenters. The largest absolute Gasteiger partial charge is 0.0622 e. The van der Waals surface area contributed by atoms with Crippen molar-refractivity contribution in [1.29, 1.82) is 0 Å². The highest BCUT2D eigenvalue weighted by molar-refractivity contribution is 6.39. The minimum Gasteiger partial charge on any atom is -0.0622 e. The van der Waals surface area contributed by atoms with Crippen LogP contribution >= 0.6 is 0 Å². The third-order valence-electron chi connectivity index (χ3n) is 28.6. The van der Waals surface area contributed by atoms with E-state index >= 15 is 0 Å². The molecule has 0 aliphatic heterocycles. The summed E-state index contributed by atoms with van der Waals surface area (Å²) >= 11 is 0. The highest BCUT2D eigenvalue weighted by Crippen LogP contribution is 2.63. The van der Waals surface area contributed by atoms with Gasteiger partial charge in [-0.2, -0.15) is 0 Å². The van der Waals surface area contributed by atoms with Gasteiger partial charge in [-0.3, -0.25) is 0 Å². The minimum absolute atomic E-state index is 1.28. The monoisotopic (exact) mass is 1680 g/mol. The van der Waals surface area contributed by atoms with Gasteiger partial charge in [-0.15, -0.1) is 0 Å². The highest BCUT2D eigenvalue weighted by Gasteiger charge is 2.41. The summed E-state index contributed by atoms with van der Waals surface area (Å²) in [4.78, 5) is 0. The molecule has 0 N–H and O–H groups in total. The predicted octanol–water partition coefficient (Wildman–Crippen LogP) is 34.0. The number of allylic oxidation sites excluding steroid dienone is 15. The normalized spacial score (nSPS) is 14.7. The van der Waals surface area contributed by atoms with Crippen LogP contribution in [0.3, 0.4) is 0 Å². The third-order valence-corrected chi connectivity index (χ3v) is 28.6. The van der Waals surface area contributed by atoms with Gasteiger partial charge >= 0.3 is 0 Å². The molecule has 0 spiro atoms. The maximum Gasteiger partial charge on any atom is -0.000741 e. The van der Waals surface area contributed by atoms with Crippen molar-refractivity contribution in [2.75, 3.05) is 0 Å². The van der Waals surface area contributed by atoms with E-state index in [1.54, 1.807) is 0 Å². The first-order valence-corrected chi connectivity index (χ1v) is 46.5. The van der Waals surface area contributed by atoms with Crippen molar-refractivity contribution in [3.05, 3.63) is 616 Å². The van der Waals surface area contributed by atoms with Crippen LogP contribution in [0.15, 0.2) is 455 Å². The molecule has 0 saturated carbocycles. The summed E-state index contributed by atoms with van der Waals surface area (Å²) in [7, 11) is 0. The average Bonchev–Trinajstić information content (AvgIpc) is 1.54. The van der Waals surface area contributed by atoms with E-state index < -0.39 is 0 Å². The summed E-state index contributed by atoms with van der Waals surface area (Å²) in [5.74, 6) is 0. The Kier molecular flexibility index (Phi) is 19.1. The molecule has 12 aliphatic carbocycles. The lowest BCUT2D eigenvalue weighted by molar-refractivity contribution is 1.52. The molecule has 620 valence electrons. The number of hydrogen-bond acceptors (Lipinski definition) is 0. The van der Waals surface area contributed by atoms with Crippen molar-refractivity contribution >= 4 is 147 Å². The van der Waals surface area contributed by atoms with E-state index in [-0.39, 0.29) is 0 Å². The second-order valence-electron chi connectivity index (χ2n) is 35.7. The molecule has 30 rings (SSSR count). The van der Waals surface area contributed by atoms with Crippen molar-refractivity contribution in [3.63, 3.8) is 0 Å². The zero-order valence-electron chi connectivity index (χ0n) is 74.1. The van der Waals surface area contributed by atoms with Gasteiger partial charge in [0.25, 0.3) is 0 Å².